The second kappa shape index (κ2) is 8.42. The van der Waals surface area contributed by atoms with Gasteiger partial charge in [-0.3, -0.25) is 14.1 Å². The molecule has 2 atom stereocenters. The first-order valence-electron chi connectivity index (χ1n) is 11.1. The molecule has 0 amide bonds. The minimum absolute atomic E-state index is 0.000729. The van der Waals surface area contributed by atoms with Crippen LogP contribution in [0.2, 0.25) is 0 Å². The minimum Gasteiger partial charge on any atom is -0.368 e. The maximum Gasteiger partial charge on any atom is 0.278 e. The number of nitrogens with two attached hydrogens (primary N) is 1. The predicted octanol–water partition coefficient (Wildman–Crippen LogP) is 3.45. The van der Waals surface area contributed by atoms with Crippen LogP contribution in [0.4, 0.5) is 16.0 Å². The second-order valence-electron chi connectivity index (χ2n) is 8.80. The third-order valence-electron chi connectivity index (χ3n) is 6.02. The Hall–Kier alpha value is -3.86. The fraction of sp³-hybridized carbons (Fsp3) is 0.250. The van der Waals surface area contributed by atoms with Crippen molar-refractivity contribution in [2.45, 2.75) is 37.5 Å². The molecular formula is C24H23FN6O3S. The zero-order chi connectivity index (χ0) is 24.9. The van der Waals surface area contributed by atoms with Crippen molar-refractivity contribution in [2.75, 3.05) is 10.5 Å². The van der Waals surface area contributed by atoms with Gasteiger partial charge in [-0.15, -0.1) is 0 Å². The van der Waals surface area contributed by atoms with Gasteiger partial charge in [-0.05, 0) is 38.0 Å². The van der Waals surface area contributed by atoms with Gasteiger partial charge in [0.15, 0.2) is 5.65 Å². The fourth-order valence-corrected chi connectivity index (χ4v) is 5.89. The van der Waals surface area contributed by atoms with Gasteiger partial charge >= 0.3 is 0 Å². The van der Waals surface area contributed by atoms with E-state index in [-0.39, 0.29) is 40.5 Å². The zero-order valence-electron chi connectivity index (χ0n) is 19.0. The standard InChI is InChI=1S/C24H23FN6O3S/c1-13(2)31-22-19(12-27-24(26)29-22)28-21(23(31)32)15-8-9-18(17(25)10-15)30-35(33,34)20-11-16(20)14-6-4-3-5-7-14/h3-10,12-13,16,20,30H,11H2,1-2H3,(H2,26,27,29)/t16-,20+/m0/s1. The van der Waals surface area contributed by atoms with Gasteiger partial charge in [0, 0.05) is 17.5 Å². The molecule has 2 aromatic carbocycles. The Morgan fingerprint density at radius 2 is 1.89 bits per heavy atom. The molecule has 0 aliphatic heterocycles. The van der Waals surface area contributed by atoms with Gasteiger partial charge in [0.05, 0.1) is 17.1 Å². The summed E-state index contributed by atoms with van der Waals surface area (Å²) in [6.45, 7) is 3.62. The van der Waals surface area contributed by atoms with Gasteiger partial charge in [0.1, 0.15) is 17.0 Å². The van der Waals surface area contributed by atoms with Crippen LogP contribution in [0.15, 0.2) is 59.5 Å². The Kier molecular flexibility index (Phi) is 5.51. The molecule has 11 heteroatoms. The van der Waals surface area contributed by atoms with Crippen molar-refractivity contribution in [1.82, 2.24) is 19.5 Å². The molecule has 2 heterocycles. The van der Waals surface area contributed by atoms with Gasteiger partial charge in [-0.1, -0.05) is 36.4 Å². The van der Waals surface area contributed by atoms with Crippen molar-refractivity contribution in [3.05, 3.63) is 76.5 Å². The molecule has 0 radical (unpaired) electrons. The lowest BCUT2D eigenvalue weighted by Crippen LogP contribution is -2.26. The van der Waals surface area contributed by atoms with Crippen molar-refractivity contribution in [1.29, 1.82) is 0 Å². The normalized spacial score (nSPS) is 17.6. The highest BCUT2D eigenvalue weighted by Crippen LogP contribution is 2.46. The van der Waals surface area contributed by atoms with E-state index in [1.807, 2.05) is 44.2 Å². The Morgan fingerprint density at radius 3 is 2.57 bits per heavy atom. The van der Waals surface area contributed by atoms with Gasteiger partial charge in [-0.25, -0.2) is 22.8 Å². The maximum atomic E-state index is 15.0. The van der Waals surface area contributed by atoms with Crippen LogP contribution < -0.4 is 16.0 Å². The van der Waals surface area contributed by atoms with E-state index in [4.69, 9.17) is 5.73 Å². The molecule has 4 aromatic rings. The Balaban J connectivity index is 1.47. The molecule has 3 N–H and O–H groups in total. The van der Waals surface area contributed by atoms with Gasteiger partial charge in [-0.2, -0.15) is 4.98 Å². The van der Waals surface area contributed by atoms with Crippen LogP contribution in [0.5, 0.6) is 0 Å². The summed E-state index contributed by atoms with van der Waals surface area (Å²) in [5.41, 5.74) is 6.77. The van der Waals surface area contributed by atoms with Gasteiger partial charge in [0.25, 0.3) is 5.56 Å². The Morgan fingerprint density at radius 1 is 1.14 bits per heavy atom. The van der Waals surface area contributed by atoms with Crippen LogP contribution in [0.25, 0.3) is 22.4 Å². The van der Waals surface area contributed by atoms with Crippen molar-refractivity contribution in [3.8, 4) is 11.3 Å². The average molecular weight is 495 g/mol. The fourth-order valence-electron chi connectivity index (χ4n) is 4.22. The average Bonchev–Trinajstić information content (AvgIpc) is 3.62. The lowest BCUT2D eigenvalue weighted by molar-refractivity contribution is 0.593. The molecule has 5 rings (SSSR count). The molecule has 1 aliphatic carbocycles. The van der Waals surface area contributed by atoms with E-state index < -0.39 is 26.6 Å². The van der Waals surface area contributed by atoms with E-state index in [1.165, 1.54) is 22.9 Å². The number of anilines is 2. The first kappa shape index (κ1) is 22.9. The summed E-state index contributed by atoms with van der Waals surface area (Å²) in [4.78, 5) is 25.6. The van der Waals surface area contributed by atoms with Crippen LogP contribution in [0.3, 0.4) is 0 Å². The van der Waals surface area contributed by atoms with Gasteiger partial charge < -0.3 is 5.73 Å². The molecule has 1 saturated carbocycles. The summed E-state index contributed by atoms with van der Waals surface area (Å²) < 4.78 is 44.5. The van der Waals surface area contributed by atoms with E-state index in [0.717, 1.165) is 11.6 Å². The smallest absolute Gasteiger partial charge is 0.278 e. The number of fused-ring (bicyclic) bond motifs is 1. The third-order valence-corrected chi connectivity index (χ3v) is 7.84. The summed E-state index contributed by atoms with van der Waals surface area (Å²) in [6.07, 6.45) is 1.87. The van der Waals surface area contributed by atoms with Crippen molar-refractivity contribution >= 4 is 32.8 Å². The second-order valence-corrected chi connectivity index (χ2v) is 10.7. The Bertz CT molecular complexity index is 1610. The highest BCUT2D eigenvalue weighted by Gasteiger charge is 2.48. The van der Waals surface area contributed by atoms with E-state index in [2.05, 4.69) is 19.7 Å². The monoisotopic (exact) mass is 494 g/mol. The molecule has 0 saturated heterocycles. The number of aromatic nitrogens is 4. The van der Waals surface area contributed by atoms with Crippen LogP contribution in [0.1, 0.15) is 37.8 Å². The first-order chi connectivity index (χ1) is 16.7. The van der Waals surface area contributed by atoms with E-state index in [9.17, 15) is 13.2 Å². The highest BCUT2D eigenvalue weighted by atomic mass is 32.2. The lowest BCUT2D eigenvalue weighted by atomic mass is 10.1. The number of rotatable bonds is 6. The predicted molar refractivity (Wildman–Crippen MR) is 132 cm³/mol. The van der Waals surface area contributed by atoms with Crippen molar-refractivity contribution in [2.24, 2.45) is 0 Å². The molecule has 1 fully saturated rings. The van der Waals surface area contributed by atoms with Crippen LogP contribution in [0, 0.1) is 5.82 Å². The summed E-state index contributed by atoms with van der Waals surface area (Å²) >= 11 is 0. The number of halogens is 1. The number of nitrogen functional groups attached to an aromatic ring is 1. The molecule has 2 aromatic heterocycles. The SMILES string of the molecule is CC(C)n1c(=O)c(-c2ccc(NS(=O)(=O)[C@@H]3C[C@H]3c3ccccc3)c(F)c2)nc2cnc(N)nc21. The van der Waals surface area contributed by atoms with E-state index in [1.54, 1.807) is 0 Å². The molecule has 180 valence electrons. The molecule has 0 unspecified atom stereocenters. The van der Waals surface area contributed by atoms with Gasteiger partial charge in [0.2, 0.25) is 16.0 Å². The topological polar surface area (TPSA) is 133 Å². The van der Waals surface area contributed by atoms with Crippen LogP contribution in [-0.2, 0) is 10.0 Å². The summed E-state index contributed by atoms with van der Waals surface area (Å²) in [6, 6.07) is 12.9. The van der Waals surface area contributed by atoms with Crippen molar-refractivity contribution < 1.29 is 12.8 Å². The highest BCUT2D eigenvalue weighted by molar-refractivity contribution is 7.93. The number of hydrogen-bond acceptors (Lipinski definition) is 7. The molecule has 1 aliphatic rings. The molecule has 0 spiro atoms. The zero-order valence-corrected chi connectivity index (χ0v) is 19.8. The maximum absolute atomic E-state index is 15.0. The summed E-state index contributed by atoms with van der Waals surface area (Å²) in [7, 11) is -3.80. The largest absolute Gasteiger partial charge is 0.368 e. The van der Waals surface area contributed by atoms with Crippen LogP contribution >= 0.6 is 0 Å². The molecule has 9 nitrogen and oxygen atoms in total. The summed E-state index contributed by atoms with van der Waals surface area (Å²) in [5.74, 6) is -0.925. The number of hydrogen-bond donors (Lipinski definition) is 2. The quantitative estimate of drug-likeness (QED) is 0.419. The number of nitrogens with zero attached hydrogens (tertiary/aromatic N) is 4. The summed E-state index contributed by atoms with van der Waals surface area (Å²) in [5, 5.41) is -0.628. The number of nitrogens with one attached hydrogen (secondary N) is 1. The molecule has 0 bridgehead atoms. The third kappa shape index (κ3) is 4.23. The van der Waals surface area contributed by atoms with Crippen LogP contribution in [-0.4, -0.2) is 33.2 Å². The molecule has 35 heavy (non-hydrogen) atoms. The number of benzene rings is 2. The minimum atomic E-state index is -3.80. The van der Waals surface area contributed by atoms with Crippen molar-refractivity contribution in [3.63, 3.8) is 0 Å². The first-order valence-corrected chi connectivity index (χ1v) is 12.6. The Labute approximate surface area is 200 Å². The van der Waals surface area contributed by atoms with E-state index >= 15 is 4.39 Å². The lowest BCUT2D eigenvalue weighted by Gasteiger charge is -2.15. The van der Waals surface area contributed by atoms with E-state index in [0.29, 0.717) is 11.9 Å². The molecular weight excluding hydrogens is 471 g/mol. The number of sulfonamides is 1.